The van der Waals surface area contributed by atoms with Gasteiger partial charge in [-0.05, 0) is 80.8 Å². The number of para-hydroxylation sites is 1. The number of anilines is 1. The summed E-state index contributed by atoms with van der Waals surface area (Å²) in [4.78, 5) is 18.1. The van der Waals surface area contributed by atoms with Crippen molar-refractivity contribution in [1.29, 1.82) is 0 Å². The number of piperidine rings is 1. The van der Waals surface area contributed by atoms with Crippen LogP contribution >= 0.6 is 11.6 Å². The molecular weight excluding hydrogens is 416 g/mol. The molecule has 1 atom stereocenters. The third kappa shape index (κ3) is 4.61. The van der Waals surface area contributed by atoms with E-state index in [4.69, 9.17) is 11.6 Å². The zero-order chi connectivity index (χ0) is 22.0. The molecule has 3 nitrogen and oxygen atoms in total. The molecule has 0 bridgehead atoms. The molecule has 2 aromatic carbocycles. The van der Waals surface area contributed by atoms with Crippen molar-refractivity contribution >= 4 is 23.2 Å². The minimum absolute atomic E-state index is 0.234. The van der Waals surface area contributed by atoms with Gasteiger partial charge in [-0.15, -0.1) is 0 Å². The van der Waals surface area contributed by atoms with Gasteiger partial charge < -0.3 is 9.80 Å². The van der Waals surface area contributed by atoms with Crippen molar-refractivity contribution in [2.45, 2.75) is 56.8 Å². The van der Waals surface area contributed by atoms with Crippen LogP contribution in [0.25, 0.3) is 0 Å². The third-order valence-electron chi connectivity index (χ3n) is 8.13. The van der Waals surface area contributed by atoms with Gasteiger partial charge in [-0.25, -0.2) is 0 Å². The summed E-state index contributed by atoms with van der Waals surface area (Å²) >= 11 is 6.15. The molecule has 2 saturated carbocycles. The van der Waals surface area contributed by atoms with Crippen LogP contribution in [0, 0.1) is 11.8 Å². The van der Waals surface area contributed by atoms with Crippen molar-refractivity contribution in [2.75, 3.05) is 31.1 Å². The van der Waals surface area contributed by atoms with Gasteiger partial charge in [-0.2, -0.15) is 0 Å². The van der Waals surface area contributed by atoms with Crippen molar-refractivity contribution < 1.29 is 4.79 Å². The summed E-state index contributed by atoms with van der Waals surface area (Å²) in [6.45, 7) is 4.25. The first-order valence-corrected chi connectivity index (χ1v) is 12.9. The summed E-state index contributed by atoms with van der Waals surface area (Å²) < 4.78 is 0. The topological polar surface area (TPSA) is 23.6 Å². The Bertz CT molecular complexity index is 905. The van der Waals surface area contributed by atoms with Gasteiger partial charge in [-0.3, -0.25) is 4.79 Å². The van der Waals surface area contributed by atoms with Gasteiger partial charge in [0.2, 0.25) is 5.91 Å². The van der Waals surface area contributed by atoms with Crippen LogP contribution in [0.15, 0.2) is 54.6 Å². The number of hydrogen-bond donors (Lipinski definition) is 0. The first-order valence-electron chi connectivity index (χ1n) is 12.5. The molecule has 0 aromatic heterocycles. The molecule has 32 heavy (non-hydrogen) atoms. The van der Waals surface area contributed by atoms with E-state index < -0.39 is 0 Å². The van der Waals surface area contributed by atoms with Crippen LogP contribution in [0.5, 0.6) is 0 Å². The Hall–Kier alpha value is -1.84. The zero-order valence-corrected chi connectivity index (χ0v) is 19.8. The van der Waals surface area contributed by atoms with Crippen LogP contribution in [0.3, 0.4) is 0 Å². The lowest BCUT2D eigenvalue weighted by Crippen LogP contribution is -2.51. The van der Waals surface area contributed by atoms with E-state index in [0.29, 0.717) is 11.8 Å². The first-order chi connectivity index (χ1) is 15.6. The Balaban J connectivity index is 1.27. The highest BCUT2D eigenvalue weighted by Gasteiger charge is 2.41. The minimum atomic E-state index is 0.234. The van der Waals surface area contributed by atoms with Crippen LogP contribution < -0.4 is 4.90 Å². The number of rotatable bonds is 7. The average Bonchev–Trinajstić information content (AvgIpc) is 2.75. The van der Waals surface area contributed by atoms with E-state index in [9.17, 15) is 4.79 Å². The van der Waals surface area contributed by atoms with Gasteiger partial charge in [0.15, 0.2) is 0 Å². The summed E-state index contributed by atoms with van der Waals surface area (Å²) in [5.74, 6) is 1.12. The smallest absolute Gasteiger partial charge is 0.230 e. The Morgan fingerprint density at radius 1 is 0.969 bits per heavy atom. The first kappa shape index (κ1) is 22.0. The lowest BCUT2D eigenvalue weighted by molar-refractivity contribution is -0.124. The second kappa shape index (κ2) is 9.57. The van der Waals surface area contributed by atoms with E-state index in [1.807, 2.05) is 18.2 Å². The van der Waals surface area contributed by atoms with Gasteiger partial charge >= 0.3 is 0 Å². The Morgan fingerprint density at radius 2 is 1.72 bits per heavy atom. The Morgan fingerprint density at radius 3 is 2.34 bits per heavy atom. The maximum absolute atomic E-state index is 13.3. The standard InChI is InChI=1S/C28H35ClN2O/c29-25-14-12-24(13-15-25)28(16-6-17-28)21-30-18-5-7-22(19-30)20-31(26-10-2-1-3-11-26)27(32)23-8-4-9-23/h1-3,10-15,22-23H,4-9,16-21H2/t22-/m1/s1. The van der Waals surface area contributed by atoms with Crippen LogP contribution in [0.4, 0.5) is 5.69 Å². The van der Waals surface area contributed by atoms with E-state index in [2.05, 4.69) is 46.2 Å². The second-order valence-corrected chi connectivity index (χ2v) is 10.7. The lowest BCUT2D eigenvalue weighted by atomic mass is 9.64. The van der Waals surface area contributed by atoms with Crippen LogP contribution in [0.1, 0.15) is 56.9 Å². The van der Waals surface area contributed by atoms with Crippen LogP contribution in [-0.4, -0.2) is 37.0 Å². The normalized spacial score (nSPS) is 23.2. The fourth-order valence-electron chi connectivity index (χ4n) is 5.88. The largest absolute Gasteiger partial charge is 0.312 e. The highest BCUT2D eigenvalue weighted by molar-refractivity contribution is 6.30. The fraction of sp³-hybridized carbons (Fsp3) is 0.536. The lowest BCUT2D eigenvalue weighted by Gasteiger charge is -2.48. The molecule has 0 radical (unpaired) electrons. The van der Waals surface area contributed by atoms with Crippen molar-refractivity contribution in [1.82, 2.24) is 4.90 Å². The van der Waals surface area contributed by atoms with E-state index in [1.165, 1.54) is 50.6 Å². The number of carbonyl (C=O) groups is 1. The Kier molecular flexibility index (Phi) is 6.57. The van der Waals surface area contributed by atoms with Gasteiger partial charge in [0.1, 0.15) is 0 Å². The molecule has 4 heteroatoms. The van der Waals surface area contributed by atoms with Crippen molar-refractivity contribution in [3.63, 3.8) is 0 Å². The van der Waals surface area contributed by atoms with E-state index >= 15 is 0 Å². The quantitative estimate of drug-likeness (QED) is 0.493. The molecule has 5 rings (SSSR count). The third-order valence-corrected chi connectivity index (χ3v) is 8.38. The number of amides is 1. The van der Waals surface area contributed by atoms with E-state index in [-0.39, 0.29) is 11.3 Å². The molecule has 1 heterocycles. The molecule has 1 aliphatic heterocycles. The summed E-state index contributed by atoms with van der Waals surface area (Å²) in [5.41, 5.74) is 2.80. The van der Waals surface area contributed by atoms with Crippen molar-refractivity contribution in [3.05, 3.63) is 65.2 Å². The molecule has 0 spiro atoms. The predicted octanol–water partition coefficient (Wildman–Crippen LogP) is 6.31. The number of benzene rings is 2. The molecule has 1 amide bonds. The van der Waals surface area contributed by atoms with Gasteiger partial charge in [0.05, 0.1) is 0 Å². The monoisotopic (exact) mass is 450 g/mol. The maximum Gasteiger partial charge on any atom is 0.230 e. The summed E-state index contributed by atoms with van der Waals surface area (Å²) in [6.07, 6.45) is 9.61. The highest BCUT2D eigenvalue weighted by atomic mass is 35.5. The average molecular weight is 451 g/mol. The maximum atomic E-state index is 13.3. The molecule has 0 N–H and O–H groups in total. The van der Waals surface area contributed by atoms with Crippen LogP contribution in [0.2, 0.25) is 5.02 Å². The highest BCUT2D eigenvalue weighted by Crippen LogP contribution is 2.45. The molecular formula is C28H35ClN2O. The van der Waals surface area contributed by atoms with E-state index in [1.54, 1.807) is 0 Å². The molecule has 3 aliphatic rings. The van der Waals surface area contributed by atoms with Crippen molar-refractivity contribution in [2.24, 2.45) is 11.8 Å². The summed E-state index contributed by atoms with van der Waals surface area (Å²) in [5, 5.41) is 0.818. The molecule has 170 valence electrons. The molecule has 0 unspecified atom stereocenters. The SMILES string of the molecule is O=C(C1CCC1)N(C[C@@H]1CCCN(CC2(c3ccc(Cl)cc3)CCC2)C1)c1ccccc1. The number of likely N-dealkylation sites (tertiary alicyclic amines) is 1. The van der Waals surface area contributed by atoms with Crippen molar-refractivity contribution in [3.8, 4) is 0 Å². The minimum Gasteiger partial charge on any atom is -0.312 e. The van der Waals surface area contributed by atoms with Crippen LogP contribution in [-0.2, 0) is 10.2 Å². The number of nitrogens with zero attached hydrogens (tertiary/aromatic N) is 2. The molecule has 3 fully saturated rings. The number of carbonyl (C=O) groups excluding carboxylic acids is 1. The molecule has 2 aromatic rings. The zero-order valence-electron chi connectivity index (χ0n) is 19.0. The molecule has 2 aliphatic carbocycles. The van der Waals surface area contributed by atoms with Gasteiger partial charge in [0, 0.05) is 41.7 Å². The van der Waals surface area contributed by atoms with Gasteiger partial charge in [0.25, 0.3) is 0 Å². The second-order valence-electron chi connectivity index (χ2n) is 10.3. The van der Waals surface area contributed by atoms with Gasteiger partial charge in [-0.1, -0.05) is 54.8 Å². The molecule has 1 saturated heterocycles. The fourth-order valence-corrected chi connectivity index (χ4v) is 6.01. The van der Waals surface area contributed by atoms with E-state index in [0.717, 1.165) is 43.2 Å². The Labute approximate surface area is 197 Å². The number of halogens is 1. The number of hydrogen-bond acceptors (Lipinski definition) is 2. The predicted molar refractivity (Wildman–Crippen MR) is 132 cm³/mol. The summed E-state index contributed by atoms with van der Waals surface area (Å²) in [6, 6.07) is 18.9. The summed E-state index contributed by atoms with van der Waals surface area (Å²) in [7, 11) is 0.